The van der Waals surface area contributed by atoms with E-state index in [0.717, 1.165) is 27.8 Å². The summed E-state index contributed by atoms with van der Waals surface area (Å²) in [4.78, 5) is 15.1. The van der Waals surface area contributed by atoms with E-state index in [-0.39, 0.29) is 21.8 Å². The number of nitrogens with zero attached hydrogens (tertiary/aromatic N) is 2. The molecule has 0 fully saturated rings. The van der Waals surface area contributed by atoms with Gasteiger partial charge >= 0.3 is 5.97 Å². The van der Waals surface area contributed by atoms with Crippen LogP contribution in [0.1, 0.15) is 45.0 Å². The number of hydrogen-bond acceptors (Lipinski definition) is 4. The van der Waals surface area contributed by atoms with E-state index in [1.807, 2.05) is 36.4 Å². The van der Waals surface area contributed by atoms with Crippen molar-refractivity contribution in [2.45, 2.75) is 19.3 Å². The number of aromatic nitrogens is 1. The minimum absolute atomic E-state index is 0.101. The highest BCUT2D eigenvalue weighted by Gasteiger charge is 2.21. The lowest BCUT2D eigenvalue weighted by atomic mass is 9.83. The average molecular weight is 505 g/mol. The first kappa shape index (κ1) is 24.5. The maximum Gasteiger partial charge on any atom is 0.335 e. The van der Waals surface area contributed by atoms with E-state index >= 15 is 0 Å². The number of pyridine rings is 1. The van der Waals surface area contributed by atoms with Gasteiger partial charge in [0.25, 0.3) is 0 Å². The molecule has 1 atom stereocenters. The zero-order valence-corrected chi connectivity index (χ0v) is 20.3. The summed E-state index contributed by atoms with van der Waals surface area (Å²) < 4.78 is 0. The second kappa shape index (κ2) is 10.7. The second-order valence-electron chi connectivity index (χ2n) is 8.17. The van der Waals surface area contributed by atoms with Crippen LogP contribution in [0.2, 0.25) is 10.3 Å². The molecule has 176 valence electrons. The molecule has 3 aromatic carbocycles. The van der Waals surface area contributed by atoms with Crippen molar-refractivity contribution in [2.75, 3.05) is 0 Å². The summed E-state index contributed by atoms with van der Waals surface area (Å²) in [6.45, 7) is 2.05. The maximum atomic E-state index is 11.1. The lowest BCUT2D eigenvalue weighted by molar-refractivity contribution is 0.0697. The van der Waals surface area contributed by atoms with Gasteiger partial charge in [0.1, 0.15) is 10.3 Å². The van der Waals surface area contributed by atoms with Crippen LogP contribution < -0.4 is 0 Å². The molecule has 5 nitrogen and oxygen atoms in total. The Morgan fingerprint density at radius 2 is 1.46 bits per heavy atom. The number of carboxylic acids is 1. The Labute approximate surface area is 213 Å². The molecule has 0 spiro atoms. The van der Waals surface area contributed by atoms with Gasteiger partial charge in [0.15, 0.2) is 0 Å². The number of carboxylic acid groups (broad SMARTS) is 1. The number of hydrogen-bond donors (Lipinski definition) is 2. The second-order valence-corrected chi connectivity index (χ2v) is 8.94. The third kappa shape index (κ3) is 5.70. The molecule has 4 aromatic rings. The summed E-state index contributed by atoms with van der Waals surface area (Å²) in [7, 11) is 0. The van der Waals surface area contributed by atoms with Crippen molar-refractivity contribution in [1.29, 1.82) is 0 Å². The topological polar surface area (TPSA) is 82.8 Å². The van der Waals surface area contributed by atoms with Gasteiger partial charge in [-0.05, 0) is 59.0 Å². The molecule has 2 N–H and O–H groups in total. The van der Waals surface area contributed by atoms with Crippen molar-refractivity contribution in [1.82, 2.24) is 4.98 Å². The van der Waals surface area contributed by atoms with E-state index in [9.17, 15) is 10.0 Å². The Balaban J connectivity index is 1.70. The van der Waals surface area contributed by atoms with Gasteiger partial charge in [-0.3, -0.25) is 0 Å². The lowest BCUT2D eigenvalue weighted by Gasteiger charge is -2.21. The van der Waals surface area contributed by atoms with Crippen molar-refractivity contribution in [3.63, 3.8) is 0 Å². The van der Waals surface area contributed by atoms with Crippen LogP contribution in [0.3, 0.4) is 0 Å². The summed E-state index contributed by atoms with van der Waals surface area (Å²) in [5.41, 5.74) is 6.46. The molecule has 4 rings (SSSR count). The summed E-state index contributed by atoms with van der Waals surface area (Å²) in [6, 6.07) is 26.2. The van der Waals surface area contributed by atoms with Crippen LogP contribution in [0.4, 0.5) is 0 Å². The van der Waals surface area contributed by atoms with Crippen molar-refractivity contribution < 1.29 is 15.1 Å². The predicted molar refractivity (Wildman–Crippen MR) is 139 cm³/mol. The zero-order chi connectivity index (χ0) is 24.9. The van der Waals surface area contributed by atoms with Gasteiger partial charge in [-0.25, -0.2) is 9.78 Å². The van der Waals surface area contributed by atoms with E-state index < -0.39 is 5.97 Å². The smallest absolute Gasteiger partial charge is 0.335 e. The fourth-order valence-corrected chi connectivity index (χ4v) is 4.60. The van der Waals surface area contributed by atoms with Crippen LogP contribution in [0, 0.1) is 6.92 Å². The van der Waals surface area contributed by atoms with Crippen molar-refractivity contribution >= 4 is 34.9 Å². The molecule has 0 radical (unpaired) electrons. The number of aromatic carboxylic acids is 1. The first-order chi connectivity index (χ1) is 16.9. The fraction of sp³-hybridized carbons (Fsp3) is 0.107. The molecule has 35 heavy (non-hydrogen) atoms. The normalized spacial score (nSPS) is 12.4. The maximum absolute atomic E-state index is 11.1. The van der Waals surface area contributed by atoms with Gasteiger partial charge < -0.3 is 10.3 Å². The lowest BCUT2D eigenvalue weighted by Crippen LogP contribution is -2.12. The first-order valence-electron chi connectivity index (χ1n) is 10.9. The Morgan fingerprint density at radius 3 is 2.00 bits per heavy atom. The fourth-order valence-electron chi connectivity index (χ4n) is 4.14. The summed E-state index contributed by atoms with van der Waals surface area (Å²) in [5, 5.41) is 23.0. The van der Waals surface area contributed by atoms with Crippen molar-refractivity contribution in [3.05, 3.63) is 123 Å². The molecular formula is C28H22Cl2N2O3. The van der Waals surface area contributed by atoms with Gasteiger partial charge in [-0.1, -0.05) is 89.0 Å². The molecule has 0 amide bonds. The summed E-state index contributed by atoms with van der Waals surface area (Å²) in [6.07, 6.45) is 0.407. The quantitative estimate of drug-likeness (QED) is 0.118. The zero-order valence-electron chi connectivity index (χ0n) is 18.8. The van der Waals surface area contributed by atoms with Crippen LogP contribution >= 0.6 is 23.2 Å². The molecular weight excluding hydrogens is 483 g/mol. The third-order valence-corrected chi connectivity index (χ3v) is 6.34. The van der Waals surface area contributed by atoms with E-state index in [4.69, 9.17) is 28.3 Å². The monoisotopic (exact) mass is 504 g/mol. The molecule has 7 heteroatoms. The molecule has 0 bridgehead atoms. The van der Waals surface area contributed by atoms with E-state index in [2.05, 4.69) is 29.2 Å². The van der Waals surface area contributed by atoms with Crippen LogP contribution in [-0.4, -0.2) is 27.0 Å². The van der Waals surface area contributed by atoms with E-state index in [1.54, 1.807) is 36.4 Å². The Morgan fingerprint density at radius 1 is 0.886 bits per heavy atom. The third-order valence-electron chi connectivity index (χ3n) is 5.96. The van der Waals surface area contributed by atoms with E-state index in [1.165, 1.54) is 0 Å². The molecule has 0 saturated carbocycles. The average Bonchev–Trinajstić information content (AvgIpc) is 2.85. The van der Waals surface area contributed by atoms with Crippen molar-refractivity contribution in [2.24, 2.45) is 5.16 Å². The number of halogens is 2. The van der Waals surface area contributed by atoms with Crippen LogP contribution in [0.15, 0.2) is 90.1 Å². The first-order valence-corrected chi connectivity index (χ1v) is 11.6. The predicted octanol–water partition coefficient (Wildman–Crippen LogP) is 7.46. The Hall–Kier alpha value is -3.67. The van der Waals surface area contributed by atoms with E-state index in [0.29, 0.717) is 17.7 Å². The Bertz CT molecular complexity index is 1360. The number of rotatable bonds is 7. The van der Waals surface area contributed by atoms with Crippen LogP contribution in [0.5, 0.6) is 0 Å². The molecule has 0 aliphatic carbocycles. The van der Waals surface area contributed by atoms with Crippen LogP contribution in [-0.2, 0) is 0 Å². The highest BCUT2D eigenvalue weighted by Crippen LogP contribution is 2.34. The number of oxime groups is 1. The SMILES string of the molecule is Cc1ccccc1C(C/C(=N/O)c1cc(Cl)nc(Cl)c1)c1ccc(-c2ccc(C(=O)O)cc2)cc1. The Kier molecular flexibility index (Phi) is 7.49. The number of benzene rings is 3. The molecule has 0 aliphatic heterocycles. The van der Waals surface area contributed by atoms with Gasteiger partial charge in [0.2, 0.25) is 0 Å². The minimum Gasteiger partial charge on any atom is -0.478 e. The summed E-state index contributed by atoms with van der Waals surface area (Å²) >= 11 is 12.2. The van der Waals surface area contributed by atoms with Gasteiger partial charge in [0.05, 0.1) is 11.3 Å². The molecule has 1 heterocycles. The summed E-state index contributed by atoms with van der Waals surface area (Å²) in [5.74, 6) is -1.05. The van der Waals surface area contributed by atoms with Crippen molar-refractivity contribution in [3.8, 4) is 11.1 Å². The van der Waals surface area contributed by atoms with Gasteiger partial charge in [0, 0.05) is 17.9 Å². The number of carbonyl (C=O) groups is 1. The molecule has 1 unspecified atom stereocenters. The molecule has 0 saturated heterocycles. The molecule has 0 aliphatic rings. The van der Waals surface area contributed by atoms with Crippen LogP contribution in [0.25, 0.3) is 11.1 Å². The minimum atomic E-state index is -0.953. The molecule has 1 aromatic heterocycles. The van der Waals surface area contributed by atoms with Gasteiger partial charge in [-0.2, -0.15) is 0 Å². The number of aryl methyl sites for hydroxylation is 1. The largest absolute Gasteiger partial charge is 0.478 e. The highest BCUT2D eigenvalue weighted by molar-refractivity contribution is 6.33. The highest BCUT2D eigenvalue weighted by atomic mass is 35.5. The standard InChI is InChI=1S/C28H22Cl2N2O3/c1-17-4-2-3-5-23(17)24(16-25(32-35)22-14-26(29)31-27(30)15-22)20-10-6-18(7-11-20)19-8-12-21(13-9-19)28(33)34/h2-15,24,35H,16H2,1H3,(H,33,34)/b32-25-. The van der Waals surface area contributed by atoms with Gasteiger partial charge in [-0.15, -0.1) is 0 Å².